The van der Waals surface area contributed by atoms with Crippen LogP contribution in [0.15, 0.2) is 81.9 Å². The van der Waals surface area contributed by atoms with E-state index in [0.717, 1.165) is 0 Å². The Balaban J connectivity index is 0.00000150. The van der Waals surface area contributed by atoms with Gasteiger partial charge in [-0.25, -0.2) is 8.42 Å². The Morgan fingerprint density at radius 1 is 0.829 bits per heavy atom. The Morgan fingerprint density at radius 2 is 1.29 bits per heavy atom. The number of hydrogen-bond donors (Lipinski definition) is 0. The van der Waals surface area contributed by atoms with E-state index in [9.17, 15) is 13.0 Å². The molecule has 0 atom stereocenters. The molecule has 0 amide bonds. The van der Waals surface area contributed by atoms with Crippen molar-refractivity contribution >= 4 is 71.0 Å². The number of nitrogens with zero attached hydrogens (tertiary/aromatic N) is 4. The zero-order valence-corrected chi connectivity index (χ0v) is 27.4. The Morgan fingerprint density at radius 3 is 1.69 bits per heavy atom. The average molecular weight is 771 g/mol. The molecule has 2 aromatic heterocycles. The molecule has 0 radical (unpaired) electrons. The standard InChI is InChI=1S/C20H18N4O3S.4ClH.Na.2Pd/c1-14(17-7-3-5-11-21-17)23-16-9-10-19(20(13-16)28(25,26)27)24-15(2)18-8-4-6-12-22-18;;;;;;;/h3-13H,1-2H3,(H,25,26,27);4*1H;;;/q;;;;;+1;2*+2/p-5. The zero-order chi connectivity index (χ0) is 25.6. The van der Waals surface area contributed by atoms with Crippen LogP contribution >= 0.6 is 38.1 Å². The fourth-order valence-electron chi connectivity index (χ4n) is 2.51. The maximum atomic E-state index is 11.8. The van der Waals surface area contributed by atoms with E-state index < -0.39 is 15.0 Å². The number of rotatable bonds is 5. The molecular weight excluding hydrogens is 754 g/mol. The van der Waals surface area contributed by atoms with Gasteiger partial charge in [-0.1, -0.05) is 12.1 Å². The number of benzene rings is 1. The fraction of sp³-hybridized carbons (Fsp3) is 0.100. The molecule has 0 saturated carbocycles. The minimum atomic E-state index is -4.75. The van der Waals surface area contributed by atoms with Gasteiger partial charge in [0.1, 0.15) is 10.1 Å². The summed E-state index contributed by atoms with van der Waals surface area (Å²) in [6, 6.07) is 15.0. The third-order valence-electron chi connectivity index (χ3n) is 3.87. The molecule has 2 heterocycles. The molecular formula is C20H17Cl4N4NaO3Pd2S. The Hall–Kier alpha value is 0.255. The van der Waals surface area contributed by atoms with E-state index in [1.165, 1.54) is 12.1 Å². The maximum Gasteiger partial charge on any atom is 1.00 e. The molecule has 3 aromatic rings. The molecule has 0 bridgehead atoms. The predicted octanol–water partition coefficient (Wildman–Crippen LogP) is 3.42. The second kappa shape index (κ2) is 19.3. The summed E-state index contributed by atoms with van der Waals surface area (Å²) in [7, 11) is 14.5. The van der Waals surface area contributed by atoms with Crippen LogP contribution in [0.2, 0.25) is 0 Å². The minimum Gasteiger partial charge on any atom is 1.00 e. The first-order valence-corrected chi connectivity index (χ1v) is 18.3. The monoisotopic (exact) mass is 768 g/mol. The van der Waals surface area contributed by atoms with Crippen molar-refractivity contribution in [3.63, 3.8) is 0 Å². The minimum absolute atomic E-state index is 0. The van der Waals surface area contributed by atoms with E-state index in [-0.39, 0.29) is 67.1 Å². The van der Waals surface area contributed by atoms with Crippen LogP contribution < -0.4 is 29.6 Å². The van der Waals surface area contributed by atoms with Crippen molar-refractivity contribution < 1.29 is 74.4 Å². The molecule has 0 aliphatic heterocycles. The molecule has 0 saturated heterocycles. The number of hydrogen-bond acceptors (Lipinski definition) is 7. The van der Waals surface area contributed by atoms with Crippen molar-refractivity contribution in [3.8, 4) is 0 Å². The van der Waals surface area contributed by atoms with Crippen molar-refractivity contribution in [1.82, 2.24) is 9.97 Å². The summed E-state index contributed by atoms with van der Waals surface area (Å²) in [5.74, 6) is 0. The Labute approximate surface area is 259 Å². The molecule has 0 N–H and O–H groups in total. The van der Waals surface area contributed by atoms with Crippen LogP contribution in [0.5, 0.6) is 0 Å². The molecule has 190 valence electrons. The van der Waals surface area contributed by atoms with Crippen LogP contribution in [0.25, 0.3) is 0 Å². The van der Waals surface area contributed by atoms with Crippen molar-refractivity contribution in [2.45, 2.75) is 18.7 Å². The third kappa shape index (κ3) is 13.6. The molecule has 0 spiro atoms. The summed E-state index contributed by atoms with van der Waals surface area (Å²) >= 11 is -0.211. The summed E-state index contributed by atoms with van der Waals surface area (Å²) in [4.78, 5) is 16.6. The number of aromatic nitrogens is 2. The van der Waals surface area contributed by atoms with Gasteiger partial charge < -0.3 is 4.55 Å². The van der Waals surface area contributed by atoms with E-state index in [1.54, 1.807) is 62.6 Å². The van der Waals surface area contributed by atoms with Crippen LogP contribution in [0.4, 0.5) is 11.4 Å². The fourth-order valence-corrected chi connectivity index (χ4v) is 3.14. The Kier molecular flexibility index (Phi) is 19.5. The molecule has 0 aliphatic carbocycles. The molecule has 3 rings (SSSR count). The van der Waals surface area contributed by atoms with Crippen LogP contribution in [0.3, 0.4) is 0 Å². The van der Waals surface area contributed by atoms with Gasteiger partial charge in [0.15, 0.2) is 0 Å². The summed E-state index contributed by atoms with van der Waals surface area (Å²) in [6.07, 6.45) is 3.25. The van der Waals surface area contributed by atoms with E-state index in [1.807, 2.05) is 6.07 Å². The van der Waals surface area contributed by atoms with E-state index in [2.05, 4.69) is 20.0 Å². The van der Waals surface area contributed by atoms with Crippen LogP contribution in [-0.4, -0.2) is 34.4 Å². The van der Waals surface area contributed by atoms with Gasteiger partial charge in [0.05, 0.1) is 39.1 Å². The van der Waals surface area contributed by atoms with Gasteiger partial charge >= 0.3 is 99.6 Å². The topological polar surface area (TPSA) is 108 Å². The van der Waals surface area contributed by atoms with Crippen LogP contribution in [-0.2, 0) is 42.0 Å². The van der Waals surface area contributed by atoms with E-state index >= 15 is 0 Å². The van der Waals surface area contributed by atoms with E-state index in [4.69, 9.17) is 38.1 Å². The normalized spacial score (nSPS) is 11.5. The summed E-state index contributed by atoms with van der Waals surface area (Å²) in [5.41, 5.74) is 2.70. The van der Waals surface area contributed by atoms with Gasteiger partial charge in [0.2, 0.25) is 0 Å². The zero-order valence-electron chi connectivity index (χ0n) is 18.4. The number of pyridine rings is 2. The van der Waals surface area contributed by atoms with Gasteiger partial charge in [-0.05, 0) is 56.3 Å². The molecule has 7 nitrogen and oxygen atoms in total. The Bertz CT molecular complexity index is 1210. The molecule has 1 aromatic carbocycles. The van der Waals surface area contributed by atoms with Gasteiger partial charge in [0.25, 0.3) is 0 Å². The molecule has 0 unspecified atom stereocenters. The van der Waals surface area contributed by atoms with Crippen molar-refractivity contribution in [2.75, 3.05) is 0 Å². The first kappa shape index (κ1) is 35.3. The van der Waals surface area contributed by atoms with Crippen molar-refractivity contribution in [2.24, 2.45) is 9.98 Å². The smallest absolute Gasteiger partial charge is 1.00 e. The first-order valence-electron chi connectivity index (χ1n) is 8.86. The maximum absolute atomic E-state index is 11.8. The van der Waals surface area contributed by atoms with Crippen molar-refractivity contribution in [1.29, 1.82) is 0 Å². The predicted molar refractivity (Wildman–Crippen MR) is 130 cm³/mol. The van der Waals surface area contributed by atoms with Gasteiger partial charge in [-0.2, -0.15) is 0 Å². The van der Waals surface area contributed by atoms with Crippen LogP contribution in [0.1, 0.15) is 25.2 Å². The molecule has 0 aliphatic rings. The summed E-state index contributed by atoms with van der Waals surface area (Å²) in [5, 5.41) is 0. The molecule has 35 heavy (non-hydrogen) atoms. The second-order valence-electron chi connectivity index (χ2n) is 6.02. The molecule has 0 fully saturated rings. The average Bonchev–Trinajstić information content (AvgIpc) is 2.81. The van der Waals surface area contributed by atoms with Crippen molar-refractivity contribution in [3.05, 3.63) is 78.4 Å². The summed E-state index contributed by atoms with van der Waals surface area (Å²) < 4.78 is 35.3. The number of halogens is 4. The summed E-state index contributed by atoms with van der Waals surface area (Å²) in [6.45, 7) is 3.45. The third-order valence-corrected chi connectivity index (χ3v) is 4.73. The van der Waals surface area contributed by atoms with Crippen LogP contribution in [0, 0.1) is 0 Å². The number of aliphatic imine (C=N–C) groups is 2. The first-order chi connectivity index (χ1) is 16.2. The van der Waals surface area contributed by atoms with E-state index in [0.29, 0.717) is 28.5 Å². The SMILES string of the molecule is CC(=Nc1ccc(N=C(C)c2ccccn2)c(S(=O)(=O)[O-])c1)c1ccccn1.[Cl][Pd][Cl].[Cl][Pd][Cl].[Na+]. The second-order valence-corrected chi connectivity index (χ2v) is 12.1. The molecule has 15 heteroatoms. The largest absolute Gasteiger partial charge is 1.00 e. The van der Waals surface area contributed by atoms with Gasteiger partial charge in [-0.15, -0.1) is 0 Å². The van der Waals surface area contributed by atoms with Gasteiger partial charge in [0, 0.05) is 12.4 Å². The quantitative estimate of drug-likeness (QED) is 0.225. The van der Waals surface area contributed by atoms with Gasteiger partial charge in [-0.3, -0.25) is 20.0 Å².